The topological polar surface area (TPSA) is 41.1 Å². The smallest absolute Gasteiger partial charge is 0.251 e. The maximum atomic E-state index is 12.1. The molecule has 1 aliphatic rings. The second-order valence-corrected chi connectivity index (χ2v) is 5.48. The average molecular weight is 287 g/mol. The SMILES string of the molecule is Cc1cccc(NC2C(=O)Nc3ccc(Cl)cc32)c1C. The fraction of sp³-hybridized carbons (Fsp3) is 0.188. The van der Waals surface area contributed by atoms with Gasteiger partial charge in [0.2, 0.25) is 0 Å². The maximum absolute atomic E-state index is 12.1. The summed E-state index contributed by atoms with van der Waals surface area (Å²) < 4.78 is 0. The summed E-state index contributed by atoms with van der Waals surface area (Å²) in [5.74, 6) is -0.0526. The molecule has 0 radical (unpaired) electrons. The number of halogens is 1. The van der Waals surface area contributed by atoms with Crippen molar-refractivity contribution in [3.8, 4) is 0 Å². The van der Waals surface area contributed by atoms with Crippen molar-refractivity contribution in [3.05, 3.63) is 58.1 Å². The normalized spacial score (nSPS) is 16.8. The number of benzene rings is 2. The molecule has 0 aliphatic carbocycles. The molecule has 102 valence electrons. The predicted molar refractivity (Wildman–Crippen MR) is 82.4 cm³/mol. The maximum Gasteiger partial charge on any atom is 0.251 e. The number of hydrogen-bond donors (Lipinski definition) is 2. The number of anilines is 2. The van der Waals surface area contributed by atoms with Crippen LogP contribution in [0.2, 0.25) is 5.02 Å². The highest BCUT2D eigenvalue weighted by atomic mass is 35.5. The molecule has 0 fully saturated rings. The predicted octanol–water partition coefficient (Wildman–Crippen LogP) is 4.06. The summed E-state index contributed by atoms with van der Waals surface area (Å²) >= 11 is 6.03. The van der Waals surface area contributed by atoms with Gasteiger partial charge in [0.05, 0.1) is 0 Å². The molecule has 0 saturated carbocycles. The lowest BCUT2D eigenvalue weighted by Gasteiger charge is -2.16. The molecule has 2 aromatic rings. The van der Waals surface area contributed by atoms with E-state index in [1.54, 1.807) is 6.07 Å². The third-order valence-electron chi connectivity index (χ3n) is 3.75. The van der Waals surface area contributed by atoms with Gasteiger partial charge < -0.3 is 10.6 Å². The lowest BCUT2D eigenvalue weighted by molar-refractivity contribution is -0.116. The molecule has 1 aliphatic heterocycles. The third-order valence-corrected chi connectivity index (χ3v) is 3.98. The van der Waals surface area contributed by atoms with Crippen molar-refractivity contribution in [2.75, 3.05) is 10.6 Å². The van der Waals surface area contributed by atoms with Crippen molar-refractivity contribution in [1.29, 1.82) is 0 Å². The van der Waals surface area contributed by atoms with Crippen LogP contribution in [0.15, 0.2) is 36.4 Å². The van der Waals surface area contributed by atoms with Crippen LogP contribution in [0.5, 0.6) is 0 Å². The largest absolute Gasteiger partial charge is 0.370 e. The number of rotatable bonds is 2. The van der Waals surface area contributed by atoms with Gasteiger partial charge in [-0.3, -0.25) is 4.79 Å². The Morgan fingerprint density at radius 2 is 2.00 bits per heavy atom. The van der Waals surface area contributed by atoms with Gasteiger partial charge >= 0.3 is 0 Å². The van der Waals surface area contributed by atoms with Crippen molar-refractivity contribution in [2.45, 2.75) is 19.9 Å². The quantitative estimate of drug-likeness (QED) is 0.874. The van der Waals surface area contributed by atoms with E-state index < -0.39 is 6.04 Å². The Hall–Kier alpha value is -2.00. The third kappa shape index (κ3) is 2.14. The van der Waals surface area contributed by atoms with E-state index in [9.17, 15) is 4.79 Å². The summed E-state index contributed by atoms with van der Waals surface area (Å²) in [5, 5.41) is 6.81. The number of carbonyl (C=O) groups excluding carboxylic acids is 1. The number of fused-ring (bicyclic) bond motifs is 1. The Morgan fingerprint density at radius 3 is 2.80 bits per heavy atom. The van der Waals surface area contributed by atoms with Crippen LogP contribution in [0.3, 0.4) is 0 Å². The summed E-state index contributed by atoms with van der Waals surface area (Å²) in [6.45, 7) is 4.10. The molecule has 0 saturated heterocycles. The Kier molecular flexibility index (Phi) is 3.14. The van der Waals surface area contributed by atoms with E-state index in [-0.39, 0.29) is 5.91 Å². The summed E-state index contributed by atoms with van der Waals surface area (Å²) in [6.07, 6.45) is 0. The molecule has 2 aromatic carbocycles. The van der Waals surface area contributed by atoms with Crippen molar-refractivity contribution in [1.82, 2.24) is 0 Å². The number of nitrogens with one attached hydrogen (secondary N) is 2. The van der Waals surface area contributed by atoms with Crippen molar-refractivity contribution in [2.24, 2.45) is 0 Å². The molecule has 20 heavy (non-hydrogen) atoms. The zero-order valence-electron chi connectivity index (χ0n) is 11.3. The van der Waals surface area contributed by atoms with Crippen LogP contribution in [0.1, 0.15) is 22.7 Å². The van der Waals surface area contributed by atoms with E-state index >= 15 is 0 Å². The van der Waals surface area contributed by atoms with Crippen molar-refractivity contribution >= 4 is 28.9 Å². The Morgan fingerprint density at radius 1 is 1.20 bits per heavy atom. The van der Waals surface area contributed by atoms with Gasteiger partial charge in [-0.15, -0.1) is 0 Å². The highest BCUT2D eigenvalue weighted by molar-refractivity contribution is 6.31. The summed E-state index contributed by atoms with van der Waals surface area (Å²) in [4.78, 5) is 12.1. The lowest BCUT2D eigenvalue weighted by atomic mass is 10.0. The fourth-order valence-electron chi connectivity index (χ4n) is 2.44. The van der Waals surface area contributed by atoms with Gasteiger partial charge in [-0.1, -0.05) is 23.7 Å². The van der Waals surface area contributed by atoms with E-state index in [2.05, 4.69) is 23.6 Å². The van der Waals surface area contributed by atoms with Crippen LogP contribution < -0.4 is 10.6 Å². The van der Waals surface area contributed by atoms with E-state index in [0.29, 0.717) is 5.02 Å². The number of amides is 1. The van der Waals surface area contributed by atoms with Gasteiger partial charge in [-0.2, -0.15) is 0 Å². The van der Waals surface area contributed by atoms with Crippen LogP contribution in [0, 0.1) is 13.8 Å². The van der Waals surface area contributed by atoms with Crippen LogP contribution in [-0.2, 0) is 4.79 Å². The van der Waals surface area contributed by atoms with Gasteiger partial charge in [0.25, 0.3) is 5.91 Å². The molecule has 0 bridgehead atoms. The van der Waals surface area contributed by atoms with Crippen LogP contribution in [0.4, 0.5) is 11.4 Å². The average Bonchev–Trinajstić information content (AvgIpc) is 2.71. The molecule has 1 atom stereocenters. The number of aryl methyl sites for hydroxylation is 1. The first-order valence-corrected chi connectivity index (χ1v) is 6.87. The monoisotopic (exact) mass is 286 g/mol. The van der Waals surface area contributed by atoms with Gasteiger partial charge in [0.15, 0.2) is 0 Å². The molecular formula is C16H15ClN2O. The lowest BCUT2D eigenvalue weighted by Crippen LogP contribution is -2.20. The zero-order chi connectivity index (χ0) is 14.3. The number of carbonyl (C=O) groups is 1. The summed E-state index contributed by atoms with van der Waals surface area (Å²) in [7, 11) is 0. The van der Waals surface area contributed by atoms with Gasteiger partial charge in [-0.25, -0.2) is 0 Å². The van der Waals surface area contributed by atoms with Gasteiger partial charge in [0.1, 0.15) is 6.04 Å². The van der Waals surface area contributed by atoms with Crippen LogP contribution in [0.25, 0.3) is 0 Å². The van der Waals surface area contributed by atoms with Crippen LogP contribution >= 0.6 is 11.6 Å². The highest BCUT2D eigenvalue weighted by Gasteiger charge is 2.30. The first-order valence-electron chi connectivity index (χ1n) is 6.49. The molecule has 4 heteroatoms. The minimum absolute atomic E-state index is 0.0526. The molecule has 1 unspecified atom stereocenters. The van der Waals surface area contributed by atoms with Gasteiger partial charge in [0, 0.05) is 22.0 Å². The standard InChI is InChI=1S/C16H15ClN2O/c1-9-4-3-5-13(10(9)2)18-15-12-8-11(17)6-7-14(12)19-16(15)20/h3-8,15,18H,1-2H3,(H,19,20). The fourth-order valence-corrected chi connectivity index (χ4v) is 2.62. The second kappa shape index (κ2) is 4.84. The molecule has 2 N–H and O–H groups in total. The molecule has 0 aromatic heterocycles. The zero-order valence-corrected chi connectivity index (χ0v) is 12.1. The van der Waals surface area contributed by atoms with Crippen molar-refractivity contribution < 1.29 is 4.79 Å². The van der Waals surface area contributed by atoms with E-state index in [0.717, 1.165) is 22.5 Å². The summed E-state index contributed by atoms with van der Waals surface area (Å²) in [5.41, 5.74) is 5.03. The van der Waals surface area contributed by atoms with E-state index in [1.807, 2.05) is 31.2 Å². The summed E-state index contributed by atoms with van der Waals surface area (Å²) in [6, 6.07) is 11.1. The molecule has 3 nitrogen and oxygen atoms in total. The Balaban J connectivity index is 1.98. The minimum atomic E-state index is -0.399. The molecular weight excluding hydrogens is 272 g/mol. The number of hydrogen-bond acceptors (Lipinski definition) is 2. The second-order valence-electron chi connectivity index (χ2n) is 5.05. The first kappa shape index (κ1) is 13.0. The van der Waals surface area contributed by atoms with E-state index in [4.69, 9.17) is 11.6 Å². The minimum Gasteiger partial charge on any atom is -0.370 e. The molecule has 3 rings (SSSR count). The molecule has 1 amide bonds. The van der Waals surface area contributed by atoms with Gasteiger partial charge in [-0.05, 0) is 49.2 Å². The molecule has 0 spiro atoms. The Labute approximate surface area is 123 Å². The Bertz CT molecular complexity index is 697. The van der Waals surface area contributed by atoms with Crippen LogP contribution in [-0.4, -0.2) is 5.91 Å². The van der Waals surface area contributed by atoms with E-state index in [1.165, 1.54) is 5.56 Å². The first-order chi connectivity index (χ1) is 9.56. The molecule has 1 heterocycles. The highest BCUT2D eigenvalue weighted by Crippen LogP contribution is 2.35. The van der Waals surface area contributed by atoms with Crippen molar-refractivity contribution in [3.63, 3.8) is 0 Å².